The standard InChI is InChI=1S/C15H31N3/c1-17(2)13-14-7-11-18(12-8-14)10-4-6-15-5-3-9-16-15/h14-16H,3-13H2,1-2H3. The predicted octanol–water partition coefficient (Wildman–Crippen LogP) is 1.79. The molecule has 2 aliphatic rings. The van der Waals surface area contributed by atoms with Gasteiger partial charge in [-0.05, 0) is 84.7 Å². The molecule has 3 nitrogen and oxygen atoms in total. The average Bonchev–Trinajstić information content (AvgIpc) is 2.84. The third-order valence-electron chi connectivity index (χ3n) is 4.52. The van der Waals surface area contributed by atoms with Crippen LogP contribution in [0.2, 0.25) is 0 Å². The highest BCUT2D eigenvalue weighted by Crippen LogP contribution is 2.18. The molecule has 2 rings (SSSR count). The van der Waals surface area contributed by atoms with Crippen molar-refractivity contribution in [1.82, 2.24) is 15.1 Å². The molecule has 0 aliphatic carbocycles. The molecule has 0 spiro atoms. The van der Waals surface area contributed by atoms with Crippen molar-refractivity contribution in [1.29, 1.82) is 0 Å². The van der Waals surface area contributed by atoms with Gasteiger partial charge in [0.25, 0.3) is 0 Å². The Morgan fingerprint density at radius 1 is 1.17 bits per heavy atom. The number of hydrogen-bond donors (Lipinski definition) is 1. The Balaban J connectivity index is 1.53. The summed E-state index contributed by atoms with van der Waals surface area (Å²) >= 11 is 0. The van der Waals surface area contributed by atoms with Crippen LogP contribution in [0.3, 0.4) is 0 Å². The van der Waals surface area contributed by atoms with Gasteiger partial charge in [0.05, 0.1) is 0 Å². The molecule has 2 saturated heterocycles. The zero-order valence-electron chi connectivity index (χ0n) is 12.3. The van der Waals surface area contributed by atoms with E-state index in [4.69, 9.17) is 0 Å². The third kappa shape index (κ3) is 4.87. The van der Waals surface area contributed by atoms with Gasteiger partial charge >= 0.3 is 0 Å². The van der Waals surface area contributed by atoms with Crippen molar-refractivity contribution in [3.05, 3.63) is 0 Å². The summed E-state index contributed by atoms with van der Waals surface area (Å²) in [6.07, 6.45) is 8.37. The van der Waals surface area contributed by atoms with E-state index < -0.39 is 0 Å². The number of nitrogens with one attached hydrogen (secondary N) is 1. The number of nitrogens with zero attached hydrogens (tertiary/aromatic N) is 2. The molecule has 1 unspecified atom stereocenters. The Bertz CT molecular complexity index is 216. The normalized spacial score (nSPS) is 27.2. The van der Waals surface area contributed by atoms with Crippen LogP contribution in [0.5, 0.6) is 0 Å². The lowest BCUT2D eigenvalue weighted by atomic mass is 9.96. The fraction of sp³-hybridized carbons (Fsp3) is 1.00. The number of hydrogen-bond acceptors (Lipinski definition) is 3. The molecule has 1 atom stereocenters. The Labute approximate surface area is 113 Å². The topological polar surface area (TPSA) is 18.5 Å². The maximum atomic E-state index is 3.60. The first kappa shape index (κ1) is 14.3. The lowest BCUT2D eigenvalue weighted by molar-refractivity contribution is 0.159. The van der Waals surface area contributed by atoms with Crippen LogP contribution in [0.15, 0.2) is 0 Å². The van der Waals surface area contributed by atoms with E-state index in [1.807, 2.05) is 0 Å². The lowest BCUT2D eigenvalue weighted by Crippen LogP contribution is -2.37. The van der Waals surface area contributed by atoms with Crippen LogP contribution in [0.4, 0.5) is 0 Å². The van der Waals surface area contributed by atoms with E-state index in [1.54, 1.807) is 0 Å². The summed E-state index contributed by atoms with van der Waals surface area (Å²) in [7, 11) is 4.39. The van der Waals surface area contributed by atoms with Crippen LogP contribution in [0, 0.1) is 5.92 Å². The molecule has 0 bridgehead atoms. The summed E-state index contributed by atoms with van der Waals surface area (Å²) in [6, 6.07) is 0.830. The molecule has 0 saturated carbocycles. The van der Waals surface area contributed by atoms with Crippen LogP contribution in [0.25, 0.3) is 0 Å². The van der Waals surface area contributed by atoms with Gasteiger partial charge in [0, 0.05) is 12.6 Å². The van der Waals surface area contributed by atoms with Gasteiger partial charge in [-0.2, -0.15) is 0 Å². The number of likely N-dealkylation sites (tertiary alicyclic amines) is 1. The molecule has 106 valence electrons. The van der Waals surface area contributed by atoms with E-state index in [-0.39, 0.29) is 0 Å². The van der Waals surface area contributed by atoms with Crippen molar-refractivity contribution in [3.63, 3.8) is 0 Å². The largest absolute Gasteiger partial charge is 0.314 e. The van der Waals surface area contributed by atoms with Crippen LogP contribution < -0.4 is 5.32 Å². The predicted molar refractivity (Wildman–Crippen MR) is 78.0 cm³/mol. The first-order valence-corrected chi connectivity index (χ1v) is 7.84. The summed E-state index contributed by atoms with van der Waals surface area (Å²) in [5.74, 6) is 0.938. The Hall–Kier alpha value is -0.120. The highest BCUT2D eigenvalue weighted by Gasteiger charge is 2.20. The van der Waals surface area contributed by atoms with Crippen molar-refractivity contribution in [3.8, 4) is 0 Å². The van der Waals surface area contributed by atoms with Crippen molar-refractivity contribution in [2.45, 2.75) is 44.6 Å². The van der Waals surface area contributed by atoms with Gasteiger partial charge in [-0.1, -0.05) is 0 Å². The highest BCUT2D eigenvalue weighted by atomic mass is 15.1. The Morgan fingerprint density at radius 3 is 2.56 bits per heavy atom. The van der Waals surface area contributed by atoms with Crippen molar-refractivity contribution >= 4 is 0 Å². The Kier molecular flexibility index (Phi) is 5.93. The minimum atomic E-state index is 0.830. The number of rotatable bonds is 6. The molecule has 0 aromatic rings. The third-order valence-corrected chi connectivity index (χ3v) is 4.52. The van der Waals surface area contributed by atoms with Gasteiger partial charge in [0.2, 0.25) is 0 Å². The first-order chi connectivity index (χ1) is 8.74. The quantitative estimate of drug-likeness (QED) is 0.778. The van der Waals surface area contributed by atoms with Gasteiger partial charge in [0.15, 0.2) is 0 Å². The van der Waals surface area contributed by atoms with Gasteiger partial charge in [-0.25, -0.2) is 0 Å². The second-order valence-corrected chi connectivity index (χ2v) is 6.48. The lowest BCUT2D eigenvalue weighted by Gasteiger charge is -2.33. The molecule has 0 radical (unpaired) electrons. The second kappa shape index (κ2) is 7.46. The average molecular weight is 253 g/mol. The van der Waals surface area contributed by atoms with Gasteiger partial charge in [-0.3, -0.25) is 0 Å². The van der Waals surface area contributed by atoms with Crippen molar-refractivity contribution in [2.75, 3.05) is 46.8 Å². The van der Waals surface area contributed by atoms with Crippen molar-refractivity contribution in [2.24, 2.45) is 5.92 Å². The van der Waals surface area contributed by atoms with Gasteiger partial charge in [-0.15, -0.1) is 0 Å². The van der Waals surface area contributed by atoms with E-state index >= 15 is 0 Å². The molecule has 1 N–H and O–H groups in total. The fourth-order valence-corrected chi connectivity index (χ4v) is 3.47. The summed E-state index contributed by atoms with van der Waals surface area (Å²) < 4.78 is 0. The molecule has 2 heterocycles. The summed E-state index contributed by atoms with van der Waals surface area (Å²) in [6.45, 7) is 6.51. The zero-order valence-corrected chi connectivity index (χ0v) is 12.3. The fourth-order valence-electron chi connectivity index (χ4n) is 3.47. The first-order valence-electron chi connectivity index (χ1n) is 7.84. The van der Waals surface area contributed by atoms with Gasteiger partial charge < -0.3 is 15.1 Å². The molecule has 3 heteroatoms. The van der Waals surface area contributed by atoms with E-state index in [9.17, 15) is 0 Å². The maximum Gasteiger partial charge on any atom is 0.00680 e. The van der Waals surface area contributed by atoms with Gasteiger partial charge in [0.1, 0.15) is 0 Å². The molecule has 0 aromatic carbocycles. The van der Waals surface area contributed by atoms with E-state index in [1.165, 1.54) is 71.2 Å². The summed E-state index contributed by atoms with van der Waals surface area (Å²) in [5, 5.41) is 3.60. The molecule has 2 fully saturated rings. The zero-order chi connectivity index (χ0) is 12.8. The summed E-state index contributed by atoms with van der Waals surface area (Å²) in [5.41, 5.74) is 0. The minimum absolute atomic E-state index is 0.830. The summed E-state index contributed by atoms with van der Waals surface area (Å²) in [4.78, 5) is 5.02. The monoisotopic (exact) mass is 253 g/mol. The van der Waals surface area contributed by atoms with Crippen molar-refractivity contribution < 1.29 is 0 Å². The second-order valence-electron chi connectivity index (χ2n) is 6.48. The van der Waals surface area contributed by atoms with E-state index in [0.717, 1.165) is 12.0 Å². The van der Waals surface area contributed by atoms with Crippen LogP contribution in [-0.4, -0.2) is 62.7 Å². The SMILES string of the molecule is CN(C)CC1CCN(CCCC2CCCN2)CC1. The molecular weight excluding hydrogens is 222 g/mol. The molecule has 0 aromatic heterocycles. The molecule has 18 heavy (non-hydrogen) atoms. The molecule has 0 amide bonds. The van der Waals surface area contributed by atoms with E-state index in [0.29, 0.717) is 0 Å². The Morgan fingerprint density at radius 2 is 1.94 bits per heavy atom. The molecular formula is C15H31N3. The maximum absolute atomic E-state index is 3.60. The number of piperidine rings is 1. The van der Waals surface area contributed by atoms with Crippen LogP contribution in [-0.2, 0) is 0 Å². The van der Waals surface area contributed by atoms with E-state index in [2.05, 4.69) is 29.2 Å². The minimum Gasteiger partial charge on any atom is -0.314 e. The molecule has 2 aliphatic heterocycles. The van der Waals surface area contributed by atoms with Crippen LogP contribution >= 0.6 is 0 Å². The highest BCUT2D eigenvalue weighted by molar-refractivity contribution is 4.77. The van der Waals surface area contributed by atoms with Crippen LogP contribution in [0.1, 0.15) is 38.5 Å². The smallest absolute Gasteiger partial charge is 0.00680 e.